The number of carbonyl (C=O) groups excluding carboxylic acids is 1. The van der Waals surface area contributed by atoms with Gasteiger partial charge in [0.05, 0.1) is 26.2 Å². The van der Waals surface area contributed by atoms with Crippen molar-refractivity contribution in [3.63, 3.8) is 0 Å². The minimum atomic E-state index is -0.194. The Kier molecular flexibility index (Phi) is 3.04. The van der Waals surface area contributed by atoms with E-state index in [1.165, 1.54) is 17.0 Å². The van der Waals surface area contributed by atoms with Crippen LogP contribution in [0.2, 0.25) is 0 Å². The highest BCUT2D eigenvalue weighted by molar-refractivity contribution is 5.81. The Balaban J connectivity index is 1.59. The molecule has 1 saturated heterocycles. The number of hydrogen-bond acceptors (Lipinski definition) is 1. The standard InChI is InChI=1S/C14H17FN2O/c15-12-3-5-13(6-4-12)16-7-9-17(10-8-16)14(18)11-1-2-11/h3-6,11H,1-2,7-10H2/p+1. The summed E-state index contributed by atoms with van der Waals surface area (Å²) in [4.78, 5) is 15.2. The van der Waals surface area contributed by atoms with Gasteiger partial charge in [0.25, 0.3) is 0 Å². The van der Waals surface area contributed by atoms with Crippen LogP contribution in [0.25, 0.3) is 0 Å². The molecule has 0 atom stereocenters. The van der Waals surface area contributed by atoms with E-state index < -0.39 is 0 Å². The van der Waals surface area contributed by atoms with Gasteiger partial charge in [-0.25, -0.2) is 4.39 Å². The third-order valence-electron chi connectivity index (χ3n) is 3.86. The van der Waals surface area contributed by atoms with Gasteiger partial charge in [-0.2, -0.15) is 0 Å². The Hall–Kier alpha value is -1.42. The number of nitrogens with zero attached hydrogens (tertiary/aromatic N) is 1. The largest absolute Gasteiger partial charge is 0.331 e. The van der Waals surface area contributed by atoms with Gasteiger partial charge < -0.3 is 4.90 Å². The monoisotopic (exact) mass is 249 g/mol. The van der Waals surface area contributed by atoms with Crippen LogP contribution < -0.4 is 4.90 Å². The van der Waals surface area contributed by atoms with Gasteiger partial charge in [0.15, 0.2) is 0 Å². The molecule has 1 amide bonds. The van der Waals surface area contributed by atoms with Crippen LogP contribution in [0, 0.1) is 11.7 Å². The normalized spacial score (nSPS) is 21.1. The zero-order chi connectivity index (χ0) is 12.5. The molecule has 1 heterocycles. The molecule has 1 N–H and O–H groups in total. The third-order valence-corrected chi connectivity index (χ3v) is 3.86. The molecule has 1 aromatic carbocycles. The molecule has 2 aliphatic rings. The van der Waals surface area contributed by atoms with Crippen molar-refractivity contribution in [3.05, 3.63) is 30.1 Å². The van der Waals surface area contributed by atoms with Crippen LogP contribution in [0.1, 0.15) is 12.8 Å². The fourth-order valence-corrected chi connectivity index (χ4v) is 2.56. The van der Waals surface area contributed by atoms with Crippen molar-refractivity contribution in [1.29, 1.82) is 0 Å². The van der Waals surface area contributed by atoms with Crippen LogP contribution >= 0.6 is 0 Å². The van der Waals surface area contributed by atoms with E-state index >= 15 is 0 Å². The predicted molar refractivity (Wildman–Crippen MR) is 66.1 cm³/mol. The molecule has 96 valence electrons. The summed E-state index contributed by atoms with van der Waals surface area (Å²) < 4.78 is 12.9. The predicted octanol–water partition coefficient (Wildman–Crippen LogP) is 0.594. The Morgan fingerprint density at radius 1 is 1.17 bits per heavy atom. The van der Waals surface area contributed by atoms with Gasteiger partial charge in [0.2, 0.25) is 5.91 Å². The molecule has 18 heavy (non-hydrogen) atoms. The molecule has 1 saturated carbocycles. The van der Waals surface area contributed by atoms with E-state index in [0.717, 1.165) is 44.7 Å². The fourth-order valence-electron chi connectivity index (χ4n) is 2.56. The molecular weight excluding hydrogens is 231 g/mol. The molecule has 4 heteroatoms. The molecule has 1 aliphatic heterocycles. The summed E-state index contributed by atoms with van der Waals surface area (Å²) in [5.74, 6) is 0.464. The molecule has 2 fully saturated rings. The smallest absolute Gasteiger partial charge is 0.226 e. The summed E-state index contributed by atoms with van der Waals surface area (Å²) in [6.07, 6.45) is 2.15. The quantitative estimate of drug-likeness (QED) is 0.815. The average Bonchev–Trinajstić information content (AvgIpc) is 3.23. The number of nitrogens with one attached hydrogen (secondary N) is 1. The summed E-state index contributed by atoms with van der Waals surface area (Å²) in [5, 5.41) is 0. The van der Waals surface area contributed by atoms with E-state index in [2.05, 4.69) is 0 Å². The van der Waals surface area contributed by atoms with Crippen molar-refractivity contribution in [1.82, 2.24) is 4.90 Å². The summed E-state index contributed by atoms with van der Waals surface area (Å²) in [6, 6.07) is 6.68. The molecule has 0 unspecified atom stereocenters. The first-order chi connectivity index (χ1) is 8.74. The highest BCUT2D eigenvalue weighted by atomic mass is 19.1. The van der Waals surface area contributed by atoms with Gasteiger partial charge in [0.1, 0.15) is 11.5 Å². The minimum Gasteiger partial charge on any atom is -0.331 e. The molecule has 0 spiro atoms. The number of amides is 1. The fraction of sp³-hybridized carbons (Fsp3) is 0.500. The lowest BCUT2D eigenvalue weighted by molar-refractivity contribution is -0.837. The average molecular weight is 249 g/mol. The maximum absolute atomic E-state index is 12.9. The van der Waals surface area contributed by atoms with Gasteiger partial charge in [0, 0.05) is 18.1 Å². The van der Waals surface area contributed by atoms with Crippen molar-refractivity contribution in [2.75, 3.05) is 26.2 Å². The second-order valence-electron chi connectivity index (χ2n) is 5.21. The van der Waals surface area contributed by atoms with Crippen LogP contribution in [0.5, 0.6) is 0 Å². The van der Waals surface area contributed by atoms with Crippen LogP contribution in [0.3, 0.4) is 0 Å². The van der Waals surface area contributed by atoms with Gasteiger partial charge in [-0.05, 0) is 25.0 Å². The Morgan fingerprint density at radius 3 is 2.33 bits per heavy atom. The molecule has 0 bridgehead atoms. The highest BCUT2D eigenvalue weighted by Crippen LogP contribution is 2.30. The first-order valence-corrected chi connectivity index (χ1v) is 6.63. The number of hydrogen-bond donors (Lipinski definition) is 1. The van der Waals surface area contributed by atoms with Crippen molar-refractivity contribution in [2.24, 2.45) is 5.92 Å². The van der Waals surface area contributed by atoms with Crippen LogP contribution in [0.15, 0.2) is 24.3 Å². The van der Waals surface area contributed by atoms with E-state index in [0.29, 0.717) is 11.8 Å². The lowest BCUT2D eigenvalue weighted by atomic mass is 10.2. The van der Waals surface area contributed by atoms with Gasteiger partial charge in [-0.1, -0.05) is 0 Å². The minimum absolute atomic E-state index is 0.194. The zero-order valence-corrected chi connectivity index (χ0v) is 10.4. The van der Waals surface area contributed by atoms with Gasteiger partial charge in [-0.15, -0.1) is 0 Å². The summed E-state index contributed by atoms with van der Waals surface area (Å²) in [6.45, 7) is 3.48. The lowest BCUT2D eigenvalue weighted by Crippen LogP contribution is -3.10. The Labute approximate surface area is 106 Å². The highest BCUT2D eigenvalue weighted by Gasteiger charge is 2.35. The van der Waals surface area contributed by atoms with Crippen molar-refractivity contribution in [2.45, 2.75) is 12.8 Å². The Morgan fingerprint density at radius 2 is 1.78 bits per heavy atom. The van der Waals surface area contributed by atoms with Gasteiger partial charge in [-0.3, -0.25) is 9.69 Å². The number of benzene rings is 1. The van der Waals surface area contributed by atoms with Gasteiger partial charge >= 0.3 is 0 Å². The second-order valence-corrected chi connectivity index (χ2v) is 5.21. The van der Waals surface area contributed by atoms with Crippen molar-refractivity contribution in [3.8, 4) is 0 Å². The maximum Gasteiger partial charge on any atom is 0.226 e. The Bertz CT molecular complexity index is 434. The molecule has 0 radical (unpaired) electrons. The summed E-state index contributed by atoms with van der Waals surface area (Å²) in [7, 11) is 0. The topological polar surface area (TPSA) is 24.8 Å². The van der Waals surface area contributed by atoms with E-state index in [9.17, 15) is 9.18 Å². The third kappa shape index (κ3) is 2.38. The molecular formula is C14H18FN2O+. The second kappa shape index (κ2) is 4.69. The SMILES string of the molecule is O=C(C1CC1)N1CC[NH+](c2ccc(F)cc2)CC1. The lowest BCUT2D eigenvalue weighted by Gasteiger charge is -2.32. The molecule has 1 aromatic rings. The van der Waals surface area contributed by atoms with E-state index in [1.807, 2.05) is 17.0 Å². The number of quaternary nitrogens is 1. The number of halogens is 1. The van der Waals surface area contributed by atoms with E-state index in [4.69, 9.17) is 0 Å². The molecule has 3 nitrogen and oxygen atoms in total. The summed E-state index contributed by atoms with van der Waals surface area (Å²) in [5.41, 5.74) is 1.12. The van der Waals surface area contributed by atoms with E-state index in [1.54, 1.807) is 0 Å². The van der Waals surface area contributed by atoms with Crippen molar-refractivity contribution < 1.29 is 14.1 Å². The van der Waals surface area contributed by atoms with Crippen LogP contribution in [-0.4, -0.2) is 37.0 Å². The zero-order valence-electron chi connectivity index (χ0n) is 10.4. The number of rotatable bonds is 2. The number of carbonyl (C=O) groups is 1. The first kappa shape index (κ1) is 11.7. The number of piperazine rings is 1. The maximum atomic E-state index is 12.9. The molecule has 1 aliphatic carbocycles. The van der Waals surface area contributed by atoms with Crippen molar-refractivity contribution >= 4 is 11.6 Å². The van der Waals surface area contributed by atoms with Crippen LogP contribution in [-0.2, 0) is 4.79 Å². The summed E-state index contributed by atoms with van der Waals surface area (Å²) >= 11 is 0. The van der Waals surface area contributed by atoms with E-state index in [-0.39, 0.29) is 5.82 Å². The molecule has 3 rings (SSSR count). The first-order valence-electron chi connectivity index (χ1n) is 6.63. The van der Waals surface area contributed by atoms with Crippen LogP contribution in [0.4, 0.5) is 10.1 Å². The molecule has 0 aromatic heterocycles.